The molecule has 2 aliphatic rings. The normalized spacial score (nSPS) is 42.7. The van der Waals surface area contributed by atoms with Crippen LogP contribution in [-0.2, 0) is 0 Å². The van der Waals surface area contributed by atoms with E-state index in [1.165, 1.54) is 25.9 Å². The maximum absolute atomic E-state index is 3.37. The molecule has 1 saturated heterocycles. The Hall–Kier alpha value is -0.0800. The second kappa shape index (κ2) is 2.27. The average Bonchev–Trinajstić information content (AvgIpc) is 1.94. The van der Waals surface area contributed by atoms with Crippen molar-refractivity contribution in [2.45, 2.75) is 12.8 Å². The van der Waals surface area contributed by atoms with Gasteiger partial charge < -0.3 is 10.6 Å². The summed E-state index contributed by atoms with van der Waals surface area (Å²) in [5.74, 6) is 2.00. The Labute approximate surface area is 56.0 Å². The quantitative estimate of drug-likeness (QED) is 0.483. The van der Waals surface area contributed by atoms with Gasteiger partial charge in [-0.25, -0.2) is 0 Å². The predicted molar refractivity (Wildman–Crippen MR) is 37.1 cm³/mol. The van der Waals surface area contributed by atoms with Crippen molar-refractivity contribution in [1.29, 1.82) is 0 Å². The molecule has 1 heterocycles. The van der Waals surface area contributed by atoms with Gasteiger partial charge >= 0.3 is 0 Å². The first-order chi connectivity index (χ1) is 4.47. The van der Waals surface area contributed by atoms with E-state index in [0.29, 0.717) is 0 Å². The molecule has 2 nitrogen and oxygen atoms in total. The molecule has 2 atom stereocenters. The van der Waals surface area contributed by atoms with Gasteiger partial charge in [0.05, 0.1) is 0 Å². The third-order valence-corrected chi connectivity index (χ3v) is 2.64. The monoisotopic (exact) mass is 126 g/mol. The second-order valence-electron chi connectivity index (χ2n) is 3.18. The van der Waals surface area contributed by atoms with Gasteiger partial charge in [-0.1, -0.05) is 0 Å². The van der Waals surface area contributed by atoms with Crippen molar-refractivity contribution < 1.29 is 0 Å². The van der Waals surface area contributed by atoms with Crippen LogP contribution in [0.15, 0.2) is 0 Å². The minimum Gasteiger partial charge on any atom is -0.304 e. The van der Waals surface area contributed by atoms with E-state index >= 15 is 0 Å². The summed E-state index contributed by atoms with van der Waals surface area (Å²) in [6, 6.07) is 0. The average molecular weight is 126 g/mol. The van der Waals surface area contributed by atoms with Crippen molar-refractivity contribution in [2.24, 2.45) is 11.8 Å². The Kier molecular flexibility index (Phi) is 1.44. The van der Waals surface area contributed by atoms with Crippen LogP contribution in [0.25, 0.3) is 0 Å². The van der Waals surface area contributed by atoms with Gasteiger partial charge in [-0.15, -0.1) is 0 Å². The highest BCUT2D eigenvalue weighted by molar-refractivity contribution is 4.85. The zero-order valence-electron chi connectivity index (χ0n) is 5.69. The van der Waals surface area contributed by atoms with Crippen molar-refractivity contribution in [3.05, 3.63) is 0 Å². The van der Waals surface area contributed by atoms with Crippen LogP contribution in [0.1, 0.15) is 12.8 Å². The van der Waals surface area contributed by atoms with E-state index < -0.39 is 0 Å². The molecule has 9 heavy (non-hydrogen) atoms. The van der Waals surface area contributed by atoms with Crippen LogP contribution in [0.3, 0.4) is 0 Å². The van der Waals surface area contributed by atoms with Crippen LogP contribution in [0.5, 0.6) is 0 Å². The fraction of sp³-hybridized carbons (Fsp3) is 1.00. The Balaban J connectivity index is 1.90. The zero-order valence-corrected chi connectivity index (χ0v) is 5.69. The number of hydrogen-bond donors (Lipinski definition) is 2. The summed E-state index contributed by atoms with van der Waals surface area (Å²) in [5, 5.41) is 6.74. The van der Waals surface area contributed by atoms with Crippen LogP contribution in [0.2, 0.25) is 0 Å². The summed E-state index contributed by atoms with van der Waals surface area (Å²) < 4.78 is 0. The lowest BCUT2D eigenvalue weighted by Gasteiger charge is -2.34. The third-order valence-electron chi connectivity index (χ3n) is 2.64. The highest BCUT2D eigenvalue weighted by atomic mass is 15.1. The molecule has 0 spiro atoms. The maximum atomic E-state index is 3.37. The number of rotatable bonds is 0. The minimum atomic E-state index is 1.000. The first kappa shape index (κ1) is 5.69. The number of nitrogens with one attached hydrogen (secondary N) is 2. The minimum absolute atomic E-state index is 1.000. The third kappa shape index (κ3) is 0.970. The van der Waals surface area contributed by atoms with Crippen molar-refractivity contribution in [2.75, 3.05) is 19.8 Å². The van der Waals surface area contributed by atoms with Gasteiger partial charge in [-0.2, -0.15) is 0 Å². The molecule has 0 aromatic heterocycles. The van der Waals surface area contributed by atoms with E-state index in [9.17, 15) is 0 Å². The summed E-state index contributed by atoms with van der Waals surface area (Å²) in [6.07, 6.45) is 2.92. The highest BCUT2D eigenvalue weighted by Crippen LogP contribution is 2.33. The summed E-state index contributed by atoms with van der Waals surface area (Å²) in [5.41, 5.74) is 0. The van der Waals surface area contributed by atoms with Crippen molar-refractivity contribution in [3.8, 4) is 0 Å². The molecule has 0 radical (unpaired) electrons. The van der Waals surface area contributed by atoms with Crippen LogP contribution < -0.4 is 10.6 Å². The van der Waals surface area contributed by atoms with Gasteiger partial charge in [0.15, 0.2) is 0 Å². The van der Waals surface area contributed by atoms with Crippen LogP contribution in [-0.4, -0.2) is 19.8 Å². The Morgan fingerprint density at radius 3 is 1.89 bits per heavy atom. The molecule has 1 aliphatic heterocycles. The lowest BCUT2D eigenvalue weighted by Crippen LogP contribution is -2.33. The molecule has 2 unspecified atom stereocenters. The molecule has 1 aliphatic carbocycles. The van der Waals surface area contributed by atoms with Gasteiger partial charge in [0.2, 0.25) is 0 Å². The molecule has 0 aromatic carbocycles. The molecule has 0 aromatic rings. The lowest BCUT2D eigenvalue weighted by atomic mass is 9.74. The van der Waals surface area contributed by atoms with E-state index in [4.69, 9.17) is 0 Å². The predicted octanol–water partition coefficient (Wildman–Crippen LogP) is 0.163. The molecule has 1 saturated carbocycles. The molecule has 0 bridgehead atoms. The van der Waals surface area contributed by atoms with Crippen molar-refractivity contribution in [3.63, 3.8) is 0 Å². The molecule has 2 N–H and O–H groups in total. The smallest absolute Gasteiger partial charge is 0.0454 e. The molecule has 2 rings (SSSR count). The van der Waals surface area contributed by atoms with E-state index in [0.717, 1.165) is 18.5 Å². The van der Waals surface area contributed by atoms with Crippen molar-refractivity contribution >= 4 is 0 Å². The molecule has 2 heteroatoms. The first-order valence-corrected chi connectivity index (χ1v) is 3.88. The van der Waals surface area contributed by atoms with Gasteiger partial charge in [0, 0.05) is 6.67 Å². The summed E-state index contributed by atoms with van der Waals surface area (Å²) in [4.78, 5) is 0. The number of fused-ring (bicyclic) bond motifs is 1. The van der Waals surface area contributed by atoms with Gasteiger partial charge in [-0.3, -0.25) is 0 Å². The van der Waals surface area contributed by atoms with Crippen LogP contribution >= 0.6 is 0 Å². The highest BCUT2D eigenvalue weighted by Gasteiger charge is 2.30. The topological polar surface area (TPSA) is 24.1 Å². The number of hydrogen-bond acceptors (Lipinski definition) is 2. The second-order valence-corrected chi connectivity index (χ2v) is 3.18. The summed E-state index contributed by atoms with van der Waals surface area (Å²) in [7, 11) is 0. The zero-order chi connectivity index (χ0) is 6.10. The Morgan fingerprint density at radius 1 is 0.889 bits per heavy atom. The Morgan fingerprint density at radius 2 is 1.44 bits per heavy atom. The standard InChI is InChI=1S/C7H14N2/c1-2-7-4-9-5-8-3-6(1)7/h6-9H,1-5H2. The van der Waals surface area contributed by atoms with Crippen molar-refractivity contribution in [1.82, 2.24) is 10.6 Å². The molecule has 0 amide bonds. The maximum Gasteiger partial charge on any atom is 0.0454 e. The molecule has 2 fully saturated rings. The van der Waals surface area contributed by atoms with E-state index in [2.05, 4.69) is 10.6 Å². The largest absolute Gasteiger partial charge is 0.304 e. The molecular weight excluding hydrogens is 112 g/mol. The van der Waals surface area contributed by atoms with E-state index in [-0.39, 0.29) is 0 Å². The summed E-state index contributed by atoms with van der Waals surface area (Å²) >= 11 is 0. The van der Waals surface area contributed by atoms with Gasteiger partial charge in [0.1, 0.15) is 0 Å². The van der Waals surface area contributed by atoms with Crippen LogP contribution in [0, 0.1) is 11.8 Å². The Bertz CT molecular complexity index is 91.1. The lowest BCUT2D eigenvalue weighted by molar-refractivity contribution is 0.189. The SMILES string of the molecule is C1NCC2CCC2CN1. The van der Waals surface area contributed by atoms with Crippen LogP contribution in [0.4, 0.5) is 0 Å². The summed E-state index contributed by atoms with van der Waals surface area (Å²) in [6.45, 7) is 3.52. The van der Waals surface area contributed by atoms with Gasteiger partial charge in [-0.05, 0) is 37.8 Å². The fourth-order valence-electron chi connectivity index (χ4n) is 1.78. The fourth-order valence-corrected chi connectivity index (χ4v) is 1.78. The van der Waals surface area contributed by atoms with Gasteiger partial charge in [0.25, 0.3) is 0 Å². The van der Waals surface area contributed by atoms with E-state index in [1.807, 2.05) is 0 Å². The van der Waals surface area contributed by atoms with E-state index in [1.54, 1.807) is 0 Å². The molecular formula is C7H14N2. The molecule has 52 valence electrons. The first-order valence-electron chi connectivity index (χ1n) is 3.88.